The van der Waals surface area contributed by atoms with Gasteiger partial charge in [0.2, 0.25) is 5.88 Å². The fourth-order valence-electron chi connectivity index (χ4n) is 2.47. The lowest BCUT2D eigenvalue weighted by Gasteiger charge is -2.17. The number of aromatic nitrogens is 3. The van der Waals surface area contributed by atoms with Crippen LogP contribution in [-0.4, -0.2) is 61.9 Å². The molecule has 3 rings (SSSR count). The summed E-state index contributed by atoms with van der Waals surface area (Å²) in [6.45, 7) is -0.382. The standard InChI is InChI=1S/C12H14BrN3O5/c1-20-11-7-5(13)2-16(10(7)14-4-15-11)12-9(19)8(18)6(3-17)21-12/h2,4,6,8-9,12,17-19H,3H2,1H3/t6-,8-,9-,12-/m1/s1. The van der Waals surface area contributed by atoms with Gasteiger partial charge in [-0.2, -0.15) is 0 Å². The molecule has 9 heteroatoms. The summed E-state index contributed by atoms with van der Waals surface area (Å²) in [4.78, 5) is 8.19. The zero-order valence-electron chi connectivity index (χ0n) is 11.0. The normalized spacial score (nSPS) is 29.2. The maximum Gasteiger partial charge on any atom is 0.226 e. The minimum Gasteiger partial charge on any atom is -0.480 e. The van der Waals surface area contributed by atoms with Crippen LogP contribution < -0.4 is 4.74 Å². The molecule has 0 unspecified atom stereocenters. The molecular formula is C12H14BrN3O5. The lowest BCUT2D eigenvalue weighted by atomic mass is 10.1. The fraction of sp³-hybridized carbons (Fsp3) is 0.500. The van der Waals surface area contributed by atoms with Gasteiger partial charge >= 0.3 is 0 Å². The van der Waals surface area contributed by atoms with Crippen LogP contribution in [0.1, 0.15) is 6.23 Å². The van der Waals surface area contributed by atoms with E-state index in [0.29, 0.717) is 21.4 Å². The first-order valence-corrected chi connectivity index (χ1v) is 7.05. The molecule has 1 fully saturated rings. The zero-order chi connectivity index (χ0) is 15.1. The summed E-state index contributed by atoms with van der Waals surface area (Å²) in [6.07, 6.45) is -1.03. The van der Waals surface area contributed by atoms with Crippen molar-refractivity contribution in [2.45, 2.75) is 24.5 Å². The Labute approximate surface area is 128 Å². The van der Waals surface area contributed by atoms with Gasteiger partial charge in [0.25, 0.3) is 0 Å². The number of nitrogens with zero attached hydrogens (tertiary/aromatic N) is 3. The van der Waals surface area contributed by atoms with E-state index in [1.54, 1.807) is 10.8 Å². The number of aliphatic hydroxyl groups excluding tert-OH is 3. The van der Waals surface area contributed by atoms with Gasteiger partial charge in [0.15, 0.2) is 11.9 Å². The summed E-state index contributed by atoms with van der Waals surface area (Å²) in [5.41, 5.74) is 0.489. The van der Waals surface area contributed by atoms with Crippen LogP contribution in [0, 0.1) is 0 Å². The molecule has 4 atom stereocenters. The fourth-order valence-corrected chi connectivity index (χ4v) is 3.04. The van der Waals surface area contributed by atoms with Gasteiger partial charge in [-0.3, -0.25) is 0 Å². The molecule has 0 radical (unpaired) electrons. The van der Waals surface area contributed by atoms with E-state index in [1.165, 1.54) is 13.4 Å². The summed E-state index contributed by atoms with van der Waals surface area (Å²) in [7, 11) is 1.50. The number of aliphatic hydroxyl groups is 3. The molecule has 1 saturated heterocycles. The summed E-state index contributed by atoms with van der Waals surface area (Å²) < 4.78 is 12.9. The topological polar surface area (TPSA) is 110 Å². The van der Waals surface area contributed by atoms with E-state index < -0.39 is 24.5 Å². The molecule has 0 spiro atoms. The van der Waals surface area contributed by atoms with E-state index in [-0.39, 0.29) is 6.61 Å². The molecule has 3 N–H and O–H groups in total. The Morgan fingerprint density at radius 1 is 1.38 bits per heavy atom. The molecule has 21 heavy (non-hydrogen) atoms. The van der Waals surface area contributed by atoms with Crippen molar-refractivity contribution in [2.75, 3.05) is 13.7 Å². The second-order valence-corrected chi connectivity index (χ2v) is 5.55. The summed E-state index contributed by atoms with van der Waals surface area (Å²) >= 11 is 3.39. The first-order valence-electron chi connectivity index (χ1n) is 6.26. The molecule has 1 aliphatic rings. The Balaban J connectivity index is 2.10. The third-order valence-corrected chi connectivity index (χ3v) is 4.11. The van der Waals surface area contributed by atoms with Gasteiger partial charge in [0.05, 0.1) is 23.6 Å². The molecule has 0 saturated carbocycles. The smallest absolute Gasteiger partial charge is 0.226 e. The molecule has 114 valence electrons. The van der Waals surface area contributed by atoms with Gasteiger partial charge in [-0.25, -0.2) is 9.97 Å². The van der Waals surface area contributed by atoms with Crippen LogP contribution >= 0.6 is 15.9 Å². The molecule has 8 nitrogen and oxygen atoms in total. The molecule has 0 aromatic carbocycles. The Morgan fingerprint density at radius 3 is 2.76 bits per heavy atom. The van der Waals surface area contributed by atoms with Crippen LogP contribution in [0.2, 0.25) is 0 Å². The number of fused-ring (bicyclic) bond motifs is 1. The van der Waals surface area contributed by atoms with Crippen LogP contribution in [0.15, 0.2) is 17.0 Å². The van der Waals surface area contributed by atoms with Gasteiger partial charge in [-0.1, -0.05) is 0 Å². The molecule has 0 bridgehead atoms. The number of ether oxygens (including phenoxy) is 2. The molecule has 3 heterocycles. The van der Waals surface area contributed by atoms with E-state index in [2.05, 4.69) is 25.9 Å². The maximum atomic E-state index is 10.1. The van der Waals surface area contributed by atoms with Gasteiger partial charge in [-0.05, 0) is 15.9 Å². The van der Waals surface area contributed by atoms with Crippen molar-refractivity contribution in [3.8, 4) is 5.88 Å². The van der Waals surface area contributed by atoms with Crippen molar-refractivity contribution in [3.05, 3.63) is 17.0 Å². The molecule has 2 aromatic rings. The van der Waals surface area contributed by atoms with E-state index in [1.807, 2.05) is 0 Å². The van der Waals surface area contributed by atoms with Crippen molar-refractivity contribution in [1.82, 2.24) is 14.5 Å². The average molecular weight is 360 g/mol. The Hall–Kier alpha value is -1.26. The molecule has 2 aromatic heterocycles. The predicted molar refractivity (Wildman–Crippen MR) is 74.8 cm³/mol. The highest BCUT2D eigenvalue weighted by molar-refractivity contribution is 9.10. The zero-order valence-corrected chi connectivity index (χ0v) is 12.6. The van der Waals surface area contributed by atoms with Crippen LogP contribution in [0.25, 0.3) is 11.0 Å². The second kappa shape index (κ2) is 5.50. The monoisotopic (exact) mass is 359 g/mol. The van der Waals surface area contributed by atoms with Gasteiger partial charge in [-0.15, -0.1) is 0 Å². The predicted octanol–water partition coefficient (Wildman–Crippen LogP) is -0.186. The lowest BCUT2D eigenvalue weighted by Crippen LogP contribution is -2.33. The highest BCUT2D eigenvalue weighted by Gasteiger charge is 2.44. The van der Waals surface area contributed by atoms with Crippen molar-refractivity contribution >= 4 is 27.0 Å². The SMILES string of the molecule is COc1ncnc2c1c(Br)cn2[C@@H]1O[C@H](CO)[C@@H](O)[C@H]1O. The van der Waals surface area contributed by atoms with Gasteiger partial charge in [0.1, 0.15) is 24.6 Å². The van der Waals surface area contributed by atoms with E-state index in [4.69, 9.17) is 14.6 Å². The quantitative estimate of drug-likeness (QED) is 0.696. The lowest BCUT2D eigenvalue weighted by molar-refractivity contribution is -0.0509. The highest BCUT2D eigenvalue weighted by atomic mass is 79.9. The van der Waals surface area contributed by atoms with Crippen LogP contribution in [0.5, 0.6) is 5.88 Å². The van der Waals surface area contributed by atoms with Crippen molar-refractivity contribution in [1.29, 1.82) is 0 Å². The van der Waals surface area contributed by atoms with Gasteiger partial charge in [0, 0.05) is 6.20 Å². The Bertz CT molecular complexity index is 664. The number of hydrogen-bond donors (Lipinski definition) is 3. The minimum atomic E-state index is -1.18. The molecular weight excluding hydrogens is 346 g/mol. The minimum absolute atomic E-state index is 0.382. The van der Waals surface area contributed by atoms with Crippen molar-refractivity contribution in [3.63, 3.8) is 0 Å². The van der Waals surface area contributed by atoms with Crippen molar-refractivity contribution in [2.24, 2.45) is 0 Å². The second-order valence-electron chi connectivity index (χ2n) is 4.69. The van der Waals surface area contributed by atoms with Crippen LogP contribution in [-0.2, 0) is 4.74 Å². The van der Waals surface area contributed by atoms with Gasteiger partial charge < -0.3 is 29.4 Å². The van der Waals surface area contributed by atoms with E-state index in [9.17, 15) is 10.2 Å². The largest absolute Gasteiger partial charge is 0.480 e. The molecule has 1 aliphatic heterocycles. The number of hydrogen-bond acceptors (Lipinski definition) is 7. The first kappa shape index (κ1) is 14.7. The number of methoxy groups -OCH3 is 1. The average Bonchev–Trinajstić information content (AvgIpc) is 2.98. The van der Waals surface area contributed by atoms with Crippen LogP contribution in [0.4, 0.5) is 0 Å². The molecule has 0 aliphatic carbocycles. The van der Waals surface area contributed by atoms with E-state index >= 15 is 0 Å². The third kappa shape index (κ3) is 2.21. The number of rotatable bonds is 3. The Morgan fingerprint density at radius 2 is 2.14 bits per heavy atom. The van der Waals surface area contributed by atoms with Crippen molar-refractivity contribution < 1.29 is 24.8 Å². The maximum absolute atomic E-state index is 10.1. The number of halogens is 1. The summed E-state index contributed by atoms with van der Waals surface area (Å²) in [5, 5.41) is 29.8. The summed E-state index contributed by atoms with van der Waals surface area (Å²) in [5.74, 6) is 0.386. The highest BCUT2D eigenvalue weighted by Crippen LogP contribution is 2.37. The van der Waals surface area contributed by atoms with E-state index in [0.717, 1.165) is 0 Å². The first-order chi connectivity index (χ1) is 10.1. The summed E-state index contributed by atoms with van der Waals surface area (Å²) in [6, 6.07) is 0. The van der Waals surface area contributed by atoms with Crippen LogP contribution in [0.3, 0.4) is 0 Å². The molecule has 0 amide bonds. The third-order valence-electron chi connectivity index (χ3n) is 3.51. The Kier molecular flexibility index (Phi) is 3.84.